The number of guanidine groups is 1. The number of carbonyl (C=O) groups is 2. The van der Waals surface area contributed by atoms with Crippen molar-refractivity contribution in [1.82, 2.24) is 15.5 Å². The highest BCUT2D eigenvalue weighted by atomic mass is 16.5. The van der Waals surface area contributed by atoms with Crippen LogP contribution in [0.5, 0.6) is 0 Å². The van der Waals surface area contributed by atoms with Crippen LogP contribution in [0, 0.1) is 5.92 Å². The molecule has 1 atom stereocenters. The molecule has 0 bridgehead atoms. The molecule has 2 N–H and O–H groups in total. The first-order valence-corrected chi connectivity index (χ1v) is 9.57. The number of piperidine rings is 1. The maximum absolute atomic E-state index is 12.1. The van der Waals surface area contributed by atoms with E-state index in [1.807, 2.05) is 42.2 Å². The van der Waals surface area contributed by atoms with Crippen molar-refractivity contribution >= 4 is 17.8 Å². The Kier molecular flexibility index (Phi) is 8.61. The molecule has 1 aliphatic rings. The molecule has 1 aromatic rings. The van der Waals surface area contributed by atoms with E-state index in [4.69, 9.17) is 4.74 Å². The second kappa shape index (κ2) is 11.2. The van der Waals surface area contributed by atoms with Gasteiger partial charge in [0.2, 0.25) is 5.91 Å². The molecule has 0 spiro atoms. The molecule has 1 amide bonds. The molecule has 7 heteroatoms. The molecule has 1 saturated heterocycles. The van der Waals surface area contributed by atoms with Crippen LogP contribution < -0.4 is 10.6 Å². The van der Waals surface area contributed by atoms with E-state index >= 15 is 0 Å². The summed E-state index contributed by atoms with van der Waals surface area (Å²) >= 11 is 0. The fourth-order valence-electron chi connectivity index (χ4n) is 3.17. The van der Waals surface area contributed by atoms with Crippen LogP contribution in [0.2, 0.25) is 0 Å². The van der Waals surface area contributed by atoms with Crippen LogP contribution in [0.3, 0.4) is 0 Å². The molecule has 0 aliphatic carbocycles. The number of likely N-dealkylation sites (tertiary alicyclic amines) is 1. The summed E-state index contributed by atoms with van der Waals surface area (Å²) < 4.78 is 5.13. The van der Waals surface area contributed by atoms with Gasteiger partial charge in [-0.3, -0.25) is 14.6 Å². The molecule has 1 fully saturated rings. The number of ether oxygens (including phenoxy) is 1. The average molecular weight is 374 g/mol. The Labute approximate surface area is 161 Å². The summed E-state index contributed by atoms with van der Waals surface area (Å²) in [7, 11) is 1.68. The van der Waals surface area contributed by atoms with Crippen molar-refractivity contribution in [2.75, 3.05) is 39.8 Å². The van der Waals surface area contributed by atoms with Gasteiger partial charge in [0.25, 0.3) is 0 Å². The molecular formula is C20H30N4O3. The van der Waals surface area contributed by atoms with Gasteiger partial charge in [-0.1, -0.05) is 30.3 Å². The van der Waals surface area contributed by atoms with E-state index in [0.29, 0.717) is 25.7 Å². The highest BCUT2D eigenvalue weighted by Crippen LogP contribution is 2.18. The Bertz CT molecular complexity index is 633. The second-order valence-corrected chi connectivity index (χ2v) is 6.52. The van der Waals surface area contributed by atoms with E-state index in [1.165, 1.54) is 5.56 Å². The van der Waals surface area contributed by atoms with E-state index in [2.05, 4.69) is 15.6 Å². The quantitative estimate of drug-likeness (QED) is 0.426. The molecule has 1 aromatic carbocycles. The summed E-state index contributed by atoms with van der Waals surface area (Å²) in [6.45, 7) is 4.33. The maximum atomic E-state index is 12.1. The SMILES string of the molecule is CCOC(=O)C1CCCN(C(=NC)NCC(=O)NCCc2ccccc2)C1. The van der Waals surface area contributed by atoms with Gasteiger partial charge >= 0.3 is 5.97 Å². The summed E-state index contributed by atoms with van der Waals surface area (Å²) in [5, 5.41) is 6.00. The smallest absolute Gasteiger partial charge is 0.310 e. The number of benzene rings is 1. The number of nitrogens with one attached hydrogen (secondary N) is 2. The lowest BCUT2D eigenvalue weighted by molar-refractivity contribution is -0.149. The Morgan fingerprint density at radius 3 is 2.74 bits per heavy atom. The number of hydrogen-bond acceptors (Lipinski definition) is 4. The first kappa shape index (κ1) is 20.7. The summed E-state index contributed by atoms with van der Waals surface area (Å²) in [5.74, 6) is 0.265. The minimum atomic E-state index is -0.156. The number of amides is 1. The van der Waals surface area contributed by atoms with Crippen molar-refractivity contribution in [2.45, 2.75) is 26.2 Å². The van der Waals surface area contributed by atoms with Crippen LogP contribution in [0.4, 0.5) is 0 Å². The van der Waals surface area contributed by atoms with Gasteiger partial charge < -0.3 is 20.3 Å². The van der Waals surface area contributed by atoms with Crippen LogP contribution in [0.1, 0.15) is 25.3 Å². The second-order valence-electron chi connectivity index (χ2n) is 6.52. The highest BCUT2D eigenvalue weighted by molar-refractivity contribution is 5.87. The predicted molar refractivity (Wildman–Crippen MR) is 105 cm³/mol. The van der Waals surface area contributed by atoms with E-state index in [-0.39, 0.29) is 24.3 Å². The highest BCUT2D eigenvalue weighted by Gasteiger charge is 2.28. The third kappa shape index (κ3) is 6.92. The van der Waals surface area contributed by atoms with Crippen LogP contribution in [0.25, 0.3) is 0 Å². The van der Waals surface area contributed by atoms with Crippen molar-refractivity contribution in [3.8, 4) is 0 Å². The zero-order valence-electron chi connectivity index (χ0n) is 16.2. The molecule has 1 unspecified atom stereocenters. The molecule has 148 valence electrons. The number of rotatable bonds is 7. The zero-order chi connectivity index (χ0) is 19.5. The molecule has 1 aliphatic heterocycles. The van der Waals surface area contributed by atoms with Gasteiger partial charge in [0.1, 0.15) is 0 Å². The number of esters is 1. The fourth-order valence-corrected chi connectivity index (χ4v) is 3.17. The predicted octanol–water partition coefficient (Wildman–Crippen LogP) is 1.20. The number of hydrogen-bond donors (Lipinski definition) is 2. The van der Waals surface area contributed by atoms with E-state index < -0.39 is 0 Å². The number of carbonyl (C=O) groups excluding carboxylic acids is 2. The first-order chi connectivity index (χ1) is 13.1. The molecular weight excluding hydrogens is 344 g/mol. The molecule has 2 rings (SSSR count). The Morgan fingerprint density at radius 1 is 1.26 bits per heavy atom. The topological polar surface area (TPSA) is 83.0 Å². The first-order valence-electron chi connectivity index (χ1n) is 9.57. The maximum Gasteiger partial charge on any atom is 0.310 e. The molecule has 27 heavy (non-hydrogen) atoms. The minimum absolute atomic E-state index is 0.0777. The van der Waals surface area contributed by atoms with Crippen LogP contribution in [-0.4, -0.2) is 62.6 Å². The lowest BCUT2D eigenvalue weighted by Gasteiger charge is -2.33. The molecule has 0 aromatic heterocycles. The molecule has 1 heterocycles. The summed E-state index contributed by atoms with van der Waals surface area (Å²) in [5.41, 5.74) is 1.19. The van der Waals surface area contributed by atoms with Gasteiger partial charge in [0.05, 0.1) is 19.1 Å². The number of aliphatic imine (C=N–C) groups is 1. The van der Waals surface area contributed by atoms with Crippen LogP contribution in [0.15, 0.2) is 35.3 Å². The zero-order valence-corrected chi connectivity index (χ0v) is 16.2. The van der Waals surface area contributed by atoms with Gasteiger partial charge in [0.15, 0.2) is 5.96 Å². The Hall–Kier alpha value is -2.57. The van der Waals surface area contributed by atoms with E-state index in [1.54, 1.807) is 7.05 Å². The summed E-state index contributed by atoms with van der Waals surface area (Å²) in [6.07, 6.45) is 2.52. The van der Waals surface area contributed by atoms with Gasteiger partial charge in [0, 0.05) is 26.7 Å². The molecule has 0 radical (unpaired) electrons. The molecule has 7 nitrogen and oxygen atoms in total. The van der Waals surface area contributed by atoms with Crippen LogP contribution in [-0.2, 0) is 20.7 Å². The van der Waals surface area contributed by atoms with E-state index in [9.17, 15) is 9.59 Å². The third-order valence-electron chi connectivity index (χ3n) is 4.54. The Morgan fingerprint density at radius 2 is 2.04 bits per heavy atom. The van der Waals surface area contributed by atoms with Gasteiger partial charge in [-0.15, -0.1) is 0 Å². The Balaban J connectivity index is 1.74. The van der Waals surface area contributed by atoms with E-state index in [0.717, 1.165) is 25.8 Å². The fraction of sp³-hybridized carbons (Fsp3) is 0.550. The van der Waals surface area contributed by atoms with Gasteiger partial charge in [-0.2, -0.15) is 0 Å². The lowest BCUT2D eigenvalue weighted by atomic mass is 9.98. The van der Waals surface area contributed by atoms with Gasteiger partial charge in [-0.25, -0.2) is 0 Å². The minimum Gasteiger partial charge on any atom is -0.466 e. The van der Waals surface area contributed by atoms with Crippen molar-refractivity contribution in [2.24, 2.45) is 10.9 Å². The van der Waals surface area contributed by atoms with Crippen molar-refractivity contribution in [3.63, 3.8) is 0 Å². The lowest BCUT2D eigenvalue weighted by Crippen LogP contribution is -2.50. The molecule has 0 saturated carbocycles. The number of nitrogens with zero attached hydrogens (tertiary/aromatic N) is 2. The van der Waals surface area contributed by atoms with Crippen molar-refractivity contribution in [1.29, 1.82) is 0 Å². The van der Waals surface area contributed by atoms with Crippen molar-refractivity contribution in [3.05, 3.63) is 35.9 Å². The van der Waals surface area contributed by atoms with Crippen molar-refractivity contribution < 1.29 is 14.3 Å². The normalized spacial score (nSPS) is 17.3. The van der Waals surface area contributed by atoms with Gasteiger partial charge in [-0.05, 0) is 31.7 Å². The largest absolute Gasteiger partial charge is 0.466 e. The van der Waals surface area contributed by atoms with Crippen LogP contribution >= 0.6 is 0 Å². The third-order valence-corrected chi connectivity index (χ3v) is 4.54. The summed E-state index contributed by atoms with van der Waals surface area (Å²) in [6, 6.07) is 10.0. The summed E-state index contributed by atoms with van der Waals surface area (Å²) in [4.78, 5) is 30.3. The standard InChI is InChI=1S/C20H30N4O3/c1-3-27-19(26)17-10-7-13-24(15-17)20(21-2)23-14-18(25)22-12-11-16-8-5-4-6-9-16/h4-6,8-9,17H,3,7,10-15H2,1-2H3,(H,21,23)(H,22,25). The monoisotopic (exact) mass is 374 g/mol. The average Bonchev–Trinajstić information content (AvgIpc) is 2.70.